The van der Waals surface area contributed by atoms with Gasteiger partial charge in [-0.05, 0) is 0 Å². The zero-order valence-corrected chi connectivity index (χ0v) is 22.4. The monoisotopic (exact) mass is 478 g/mol. The smallest absolute Gasteiger partial charge is 1.00 e. The summed E-state index contributed by atoms with van der Waals surface area (Å²) in [5, 5.41) is 3.52. The Morgan fingerprint density at radius 1 is 0.963 bits per heavy atom. The van der Waals surface area contributed by atoms with Gasteiger partial charge in [-0.15, -0.1) is 0 Å². The summed E-state index contributed by atoms with van der Waals surface area (Å²) in [6.45, 7) is 14.2. The van der Waals surface area contributed by atoms with Crippen LogP contribution in [-0.2, 0) is 20.4 Å². The molecule has 0 nitrogen and oxygen atoms in total. The van der Waals surface area contributed by atoms with E-state index in [0.29, 0.717) is 0 Å². The van der Waals surface area contributed by atoms with E-state index < -0.39 is 8.07 Å². The molecular weight excluding hydrogens is 447 g/mol. The number of rotatable bonds is 7. The van der Waals surface area contributed by atoms with Crippen molar-refractivity contribution in [3.8, 4) is 0 Å². The molecule has 0 spiro atoms. The number of unbranched alkanes of at least 4 members (excludes halogenated alkanes) is 1. The SMILES string of the molecule is CCCC[Si](C)(C1=[C]([Ti+3])CC=C1CCC)c1c(C)cc(C)cc1C.[Cl-].[Cl-].[Cl-]. The maximum atomic E-state index is 2.65. The van der Waals surface area contributed by atoms with Crippen molar-refractivity contribution in [3.63, 3.8) is 0 Å². The molecule has 1 atom stereocenters. The first-order valence-corrected chi connectivity index (χ1v) is 13.1. The average Bonchev–Trinajstić information content (AvgIpc) is 2.86. The predicted molar refractivity (Wildman–Crippen MR) is 106 cm³/mol. The summed E-state index contributed by atoms with van der Waals surface area (Å²) in [5.41, 5.74) is 6.14. The number of allylic oxidation sites excluding steroid dienone is 4. The number of aryl methyl sites for hydroxylation is 3. The Bertz CT molecular complexity index is 659. The molecule has 150 valence electrons. The third kappa shape index (κ3) is 6.49. The maximum absolute atomic E-state index is 2.65. The number of benzene rings is 1. The average molecular weight is 480 g/mol. The van der Waals surface area contributed by atoms with Crippen LogP contribution in [0.5, 0.6) is 0 Å². The van der Waals surface area contributed by atoms with Crippen molar-refractivity contribution in [2.45, 2.75) is 79.3 Å². The van der Waals surface area contributed by atoms with Gasteiger partial charge in [0.05, 0.1) is 0 Å². The summed E-state index contributed by atoms with van der Waals surface area (Å²) in [6, 6.07) is 6.21. The molecule has 0 saturated heterocycles. The van der Waals surface area contributed by atoms with Gasteiger partial charge >= 0.3 is 163 Å². The molecular formula is C22H33Cl3SiTi. The van der Waals surface area contributed by atoms with E-state index in [1.807, 2.05) is 0 Å². The second kappa shape index (κ2) is 12.9. The topological polar surface area (TPSA) is 0 Å². The van der Waals surface area contributed by atoms with E-state index in [4.69, 9.17) is 0 Å². The van der Waals surface area contributed by atoms with Gasteiger partial charge in [0.1, 0.15) is 0 Å². The van der Waals surface area contributed by atoms with Gasteiger partial charge in [-0.1, -0.05) is 0 Å². The van der Waals surface area contributed by atoms with E-state index in [1.54, 1.807) is 19.8 Å². The van der Waals surface area contributed by atoms with E-state index in [0.717, 1.165) is 0 Å². The minimum Gasteiger partial charge on any atom is -1.00 e. The van der Waals surface area contributed by atoms with Crippen LogP contribution in [0, 0.1) is 20.8 Å². The van der Waals surface area contributed by atoms with Gasteiger partial charge in [0.15, 0.2) is 0 Å². The molecule has 1 aromatic carbocycles. The Labute approximate surface area is 198 Å². The molecule has 0 saturated carbocycles. The molecule has 0 aliphatic heterocycles. The van der Waals surface area contributed by atoms with Crippen molar-refractivity contribution in [3.05, 3.63) is 49.5 Å². The first-order valence-electron chi connectivity index (χ1n) is 9.58. The Kier molecular flexibility index (Phi) is 14.2. The Hall–Kier alpha value is 0.501. The fraction of sp³-hybridized carbons (Fsp3) is 0.545. The zero-order valence-electron chi connectivity index (χ0n) is 17.6. The van der Waals surface area contributed by atoms with Crippen LogP contribution in [0.3, 0.4) is 0 Å². The summed E-state index contributed by atoms with van der Waals surface area (Å²) in [7, 11) is -1.68. The fourth-order valence-corrected chi connectivity index (χ4v) is 11.9. The quantitative estimate of drug-likeness (QED) is 0.370. The van der Waals surface area contributed by atoms with Crippen molar-refractivity contribution in [1.29, 1.82) is 0 Å². The van der Waals surface area contributed by atoms with Crippen LogP contribution < -0.4 is 42.4 Å². The first-order chi connectivity index (χ1) is 11.3. The van der Waals surface area contributed by atoms with Crippen molar-refractivity contribution in [2.75, 3.05) is 0 Å². The van der Waals surface area contributed by atoms with Crippen LogP contribution >= 0.6 is 0 Å². The van der Waals surface area contributed by atoms with E-state index in [1.165, 1.54) is 54.8 Å². The third-order valence-electron chi connectivity index (χ3n) is 5.51. The predicted octanol–water partition coefficient (Wildman–Crippen LogP) is -2.82. The number of halogens is 3. The fourth-order valence-electron chi connectivity index (χ4n) is 4.76. The van der Waals surface area contributed by atoms with Gasteiger partial charge in [0.25, 0.3) is 0 Å². The molecule has 1 unspecified atom stereocenters. The molecule has 0 aromatic heterocycles. The van der Waals surface area contributed by atoms with Gasteiger partial charge in [-0.2, -0.15) is 0 Å². The van der Waals surface area contributed by atoms with Crippen LogP contribution in [0.25, 0.3) is 0 Å². The van der Waals surface area contributed by atoms with Gasteiger partial charge in [-0.3, -0.25) is 0 Å². The maximum Gasteiger partial charge on any atom is -1.00 e. The molecule has 2 rings (SSSR count). The molecule has 1 aromatic rings. The number of hydrogen-bond acceptors (Lipinski definition) is 0. The van der Waals surface area contributed by atoms with Crippen molar-refractivity contribution < 1.29 is 57.7 Å². The standard InChI is InChI=1S/C22H33Si.3ClH.Ti/c1-7-9-14-23(6,21-13-10-12-20(21)11-8-2)22-18(4)15-17(3)16-19(22)5;;;;/h12,15-16H,7-11,14H2,1-6H3;3*1H;/q;;;;+3/p-3. The van der Waals surface area contributed by atoms with Gasteiger partial charge in [0.2, 0.25) is 0 Å². The van der Waals surface area contributed by atoms with Crippen molar-refractivity contribution in [2.24, 2.45) is 0 Å². The van der Waals surface area contributed by atoms with Crippen LogP contribution in [-0.4, -0.2) is 8.07 Å². The molecule has 1 aliphatic rings. The normalized spacial score (nSPS) is 15.3. The summed E-state index contributed by atoms with van der Waals surface area (Å²) in [6.07, 6.45) is 8.88. The second-order valence-corrected chi connectivity index (χ2v) is 12.9. The zero-order chi connectivity index (χ0) is 17.9. The number of hydrogen-bond donors (Lipinski definition) is 0. The van der Waals surface area contributed by atoms with Gasteiger partial charge in [-0.25, -0.2) is 0 Å². The Balaban J connectivity index is 0. The second-order valence-electron chi connectivity index (χ2n) is 7.75. The minimum atomic E-state index is -1.68. The van der Waals surface area contributed by atoms with E-state index >= 15 is 0 Å². The van der Waals surface area contributed by atoms with Crippen LogP contribution in [0.1, 0.15) is 62.6 Å². The summed E-state index contributed by atoms with van der Waals surface area (Å²) < 4.78 is 1.66. The molecule has 1 aliphatic carbocycles. The Morgan fingerprint density at radius 2 is 1.52 bits per heavy atom. The van der Waals surface area contributed by atoms with Crippen LogP contribution in [0.15, 0.2) is 32.9 Å². The first kappa shape index (κ1) is 29.7. The minimum absolute atomic E-state index is 0. The van der Waals surface area contributed by atoms with Crippen LogP contribution in [0.2, 0.25) is 12.6 Å². The molecule has 27 heavy (non-hydrogen) atoms. The van der Waals surface area contributed by atoms with Crippen molar-refractivity contribution in [1.82, 2.24) is 0 Å². The van der Waals surface area contributed by atoms with Gasteiger partial charge in [0, 0.05) is 0 Å². The third-order valence-corrected chi connectivity index (χ3v) is 11.6. The molecule has 0 N–H and O–H groups in total. The summed E-state index contributed by atoms with van der Waals surface area (Å²) >= 11 is 2.39. The molecule has 0 fully saturated rings. The van der Waals surface area contributed by atoms with E-state index in [2.05, 4.69) is 79.8 Å². The largest absolute Gasteiger partial charge is 1.00 e. The summed E-state index contributed by atoms with van der Waals surface area (Å²) in [4.78, 5) is 0. The van der Waals surface area contributed by atoms with E-state index in [-0.39, 0.29) is 37.2 Å². The molecule has 0 radical (unpaired) electrons. The molecule has 0 bridgehead atoms. The van der Waals surface area contributed by atoms with Gasteiger partial charge < -0.3 is 37.2 Å². The van der Waals surface area contributed by atoms with E-state index in [9.17, 15) is 0 Å². The van der Waals surface area contributed by atoms with Crippen LogP contribution in [0.4, 0.5) is 0 Å². The van der Waals surface area contributed by atoms with Crippen molar-refractivity contribution >= 4 is 13.3 Å². The molecule has 0 heterocycles. The summed E-state index contributed by atoms with van der Waals surface area (Å²) in [5.74, 6) is 0. The Morgan fingerprint density at radius 3 is 2.00 bits per heavy atom. The molecule has 0 amide bonds. The molecule has 5 heteroatoms.